The molecule has 1 N–H and O–H groups in total. The van der Waals surface area contributed by atoms with Crippen molar-refractivity contribution in [2.75, 3.05) is 48.9 Å². The summed E-state index contributed by atoms with van der Waals surface area (Å²) in [6.07, 6.45) is 3.53. The van der Waals surface area contributed by atoms with Gasteiger partial charge in [0.15, 0.2) is 0 Å². The maximum atomic E-state index is 13.7. The zero-order valence-electron chi connectivity index (χ0n) is 21.4. The monoisotopic (exact) mass is 477 g/mol. The van der Waals surface area contributed by atoms with Gasteiger partial charge in [-0.05, 0) is 51.5 Å². The molecule has 1 aliphatic rings. The van der Waals surface area contributed by atoms with Crippen LogP contribution >= 0.6 is 0 Å². The minimum absolute atomic E-state index is 0.0657. The Balaban J connectivity index is 1.68. The Kier molecular flexibility index (Phi) is 7.35. The molecular weight excluding hydrogens is 442 g/mol. The normalized spacial score (nSPS) is 17.6. The van der Waals surface area contributed by atoms with Gasteiger partial charge < -0.3 is 19.9 Å². The molecule has 0 aromatic carbocycles. The van der Waals surface area contributed by atoms with Gasteiger partial charge in [-0.2, -0.15) is 0 Å². The third-order valence-electron chi connectivity index (χ3n) is 6.41. The molecule has 0 amide bonds. The van der Waals surface area contributed by atoms with Gasteiger partial charge in [0, 0.05) is 58.3 Å². The molecule has 0 aliphatic carbocycles. The predicted octanol–water partition coefficient (Wildman–Crippen LogP) is 3.11. The summed E-state index contributed by atoms with van der Waals surface area (Å²) in [5, 5.41) is 3.49. The average Bonchev–Trinajstić information content (AvgIpc) is 3.24. The molecule has 1 aliphatic heterocycles. The summed E-state index contributed by atoms with van der Waals surface area (Å²) in [7, 11) is 3.92. The second-order valence-corrected chi connectivity index (χ2v) is 9.03. The molecule has 0 saturated carbocycles. The lowest BCUT2D eigenvalue weighted by molar-refractivity contribution is 0.0720. The van der Waals surface area contributed by atoms with E-state index < -0.39 is 0 Å². The van der Waals surface area contributed by atoms with E-state index in [1.807, 2.05) is 71.0 Å². The van der Waals surface area contributed by atoms with Crippen molar-refractivity contribution in [3.05, 3.63) is 58.3 Å². The Morgan fingerprint density at radius 2 is 1.97 bits per heavy atom. The van der Waals surface area contributed by atoms with Crippen LogP contribution in [0.1, 0.15) is 25.1 Å². The van der Waals surface area contributed by atoms with Gasteiger partial charge in [-0.25, -0.2) is 15.0 Å². The molecule has 1 saturated heterocycles. The molecule has 2 atom stereocenters. The van der Waals surface area contributed by atoms with E-state index in [9.17, 15) is 4.79 Å². The number of aromatic nitrogens is 4. The lowest BCUT2D eigenvalue weighted by Gasteiger charge is -2.23. The van der Waals surface area contributed by atoms with Crippen LogP contribution in [0.25, 0.3) is 11.4 Å². The van der Waals surface area contributed by atoms with Gasteiger partial charge in [0.1, 0.15) is 23.1 Å². The SMILES string of the molecule is CCO[C@@H]1CN(c2ccccn2)C[C@H]1Nc1c(C)nc(-c2cnc(N(C)C)cc2C)n(CC)c1=O. The number of hydrogen-bond acceptors (Lipinski definition) is 8. The van der Waals surface area contributed by atoms with Gasteiger partial charge in [-0.3, -0.25) is 9.36 Å². The van der Waals surface area contributed by atoms with Gasteiger partial charge in [-0.15, -0.1) is 0 Å². The summed E-state index contributed by atoms with van der Waals surface area (Å²) in [4.78, 5) is 31.7. The van der Waals surface area contributed by atoms with E-state index in [4.69, 9.17) is 9.72 Å². The van der Waals surface area contributed by atoms with Crippen molar-refractivity contribution in [1.82, 2.24) is 19.5 Å². The van der Waals surface area contributed by atoms with E-state index >= 15 is 0 Å². The van der Waals surface area contributed by atoms with Crippen molar-refractivity contribution in [3.63, 3.8) is 0 Å². The molecule has 0 radical (unpaired) electrons. The molecule has 9 heteroatoms. The number of aryl methyl sites for hydroxylation is 2. The molecule has 3 aromatic heterocycles. The highest BCUT2D eigenvalue weighted by Crippen LogP contribution is 2.26. The van der Waals surface area contributed by atoms with Crippen molar-refractivity contribution < 1.29 is 4.74 Å². The first-order valence-corrected chi connectivity index (χ1v) is 12.1. The fraction of sp³-hybridized carbons (Fsp3) is 0.462. The Morgan fingerprint density at radius 1 is 1.17 bits per heavy atom. The number of rotatable bonds is 8. The largest absolute Gasteiger partial charge is 0.374 e. The molecule has 0 bridgehead atoms. The van der Waals surface area contributed by atoms with E-state index in [1.165, 1.54) is 0 Å². The van der Waals surface area contributed by atoms with Crippen molar-refractivity contribution in [1.29, 1.82) is 0 Å². The van der Waals surface area contributed by atoms with E-state index in [-0.39, 0.29) is 17.7 Å². The number of anilines is 3. The summed E-state index contributed by atoms with van der Waals surface area (Å²) in [5.74, 6) is 2.41. The molecular formula is C26H35N7O2. The first-order chi connectivity index (χ1) is 16.8. The van der Waals surface area contributed by atoms with Crippen LogP contribution in [0, 0.1) is 13.8 Å². The summed E-state index contributed by atoms with van der Waals surface area (Å²) >= 11 is 0. The van der Waals surface area contributed by atoms with Crippen LogP contribution in [-0.2, 0) is 11.3 Å². The third kappa shape index (κ3) is 5.00. The van der Waals surface area contributed by atoms with Crippen molar-refractivity contribution in [2.24, 2.45) is 0 Å². The minimum Gasteiger partial charge on any atom is -0.374 e. The summed E-state index contributed by atoms with van der Waals surface area (Å²) in [6.45, 7) is 10.4. The van der Waals surface area contributed by atoms with Crippen LogP contribution in [-0.4, -0.2) is 65.5 Å². The van der Waals surface area contributed by atoms with Gasteiger partial charge in [-0.1, -0.05) is 6.07 Å². The van der Waals surface area contributed by atoms with Crippen molar-refractivity contribution >= 4 is 17.3 Å². The van der Waals surface area contributed by atoms with Gasteiger partial charge in [0.2, 0.25) is 0 Å². The van der Waals surface area contributed by atoms with Crippen LogP contribution in [0.2, 0.25) is 0 Å². The highest BCUT2D eigenvalue weighted by Gasteiger charge is 2.35. The zero-order chi connectivity index (χ0) is 25.1. The zero-order valence-corrected chi connectivity index (χ0v) is 21.4. The minimum atomic E-state index is -0.0855. The van der Waals surface area contributed by atoms with E-state index in [0.29, 0.717) is 43.4 Å². The van der Waals surface area contributed by atoms with Crippen LogP contribution in [0.4, 0.5) is 17.3 Å². The quantitative estimate of drug-likeness (QED) is 0.530. The number of hydrogen-bond donors (Lipinski definition) is 1. The molecule has 4 heterocycles. The first-order valence-electron chi connectivity index (χ1n) is 12.1. The highest BCUT2D eigenvalue weighted by molar-refractivity contribution is 5.64. The topological polar surface area (TPSA) is 88.4 Å². The molecule has 4 rings (SSSR count). The van der Waals surface area contributed by atoms with E-state index in [2.05, 4.69) is 20.2 Å². The van der Waals surface area contributed by atoms with Crippen molar-refractivity contribution in [2.45, 2.75) is 46.4 Å². The van der Waals surface area contributed by atoms with Gasteiger partial charge in [0.05, 0.1) is 17.8 Å². The van der Waals surface area contributed by atoms with Crippen LogP contribution in [0.3, 0.4) is 0 Å². The van der Waals surface area contributed by atoms with Crippen LogP contribution in [0.15, 0.2) is 41.5 Å². The second kappa shape index (κ2) is 10.4. The average molecular weight is 478 g/mol. The molecule has 0 unspecified atom stereocenters. The maximum absolute atomic E-state index is 13.7. The number of nitrogens with zero attached hydrogens (tertiary/aromatic N) is 6. The van der Waals surface area contributed by atoms with E-state index in [1.54, 1.807) is 17.0 Å². The summed E-state index contributed by atoms with van der Waals surface area (Å²) in [5.41, 5.74) is 2.98. The second-order valence-electron chi connectivity index (χ2n) is 9.03. The highest BCUT2D eigenvalue weighted by atomic mass is 16.5. The Bertz CT molecular complexity index is 1230. The lowest BCUT2D eigenvalue weighted by Crippen LogP contribution is -2.38. The Morgan fingerprint density at radius 3 is 2.60 bits per heavy atom. The molecule has 9 nitrogen and oxygen atoms in total. The van der Waals surface area contributed by atoms with Crippen LogP contribution in [0.5, 0.6) is 0 Å². The van der Waals surface area contributed by atoms with Crippen LogP contribution < -0.4 is 20.7 Å². The maximum Gasteiger partial charge on any atom is 0.277 e. The smallest absolute Gasteiger partial charge is 0.277 e. The lowest BCUT2D eigenvalue weighted by atomic mass is 10.1. The standard InChI is InChI=1S/C26H35N7O2/c1-7-33-25(19-14-28-23(31(5)6)13-17(19)3)29-18(4)24(26(33)34)30-20-15-32(16-21(20)35-8-2)22-11-9-10-12-27-22/h9-14,20-21,30H,7-8,15-16H2,1-6H3/t20-,21-/m1/s1. The summed E-state index contributed by atoms with van der Waals surface area (Å²) < 4.78 is 7.76. The van der Waals surface area contributed by atoms with Crippen molar-refractivity contribution in [3.8, 4) is 11.4 Å². The third-order valence-corrected chi connectivity index (χ3v) is 6.41. The first kappa shape index (κ1) is 24.7. The Labute approximate surface area is 206 Å². The fourth-order valence-corrected chi connectivity index (χ4v) is 4.55. The number of pyridine rings is 2. The molecule has 186 valence electrons. The molecule has 35 heavy (non-hydrogen) atoms. The molecule has 1 fully saturated rings. The molecule has 3 aromatic rings. The van der Waals surface area contributed by atoms with Gasteiger partial charge in [0.25, 0.3) is 5.56 Å². The summed E-state index contributed by atoms with van der Waals surface area (Å²) in [6, 6.07) is 7.83. The van der Waals surface area contributed by atoms with Gasteiger partial charge >= 0.3 is 0 Å². The Hall–Kier alpha value is -3.46. The number of ether oxygens (including phenoxy) is 1. The predicted molar refractivity (Wildman–Crippen MR) is 140 cm³/mol. The molecule has 0 spiro atoms. The van der Waals surface area contributed by atoms with E-state index in [0.717, 1.165) is 22.8 Å². The number of nitrogens with one attached hydrogen (secondary N) is 1. The fourth-order valence-electron chi connectivity index (χ4n) is 4.55.